The Kier molecular flexibility index (Phi) is 7.97. The number of aryl methyl sites for hydroxylation is 1. The van der Waals surface area contributed by atoms with Crippen molar-refractivity contribution in [2.45, 2.75) is 30.6 Å². The largest absolute Gasteiger partial charge is 0.416 e. The SMILES string of the molecule is Cc1ccc(-n2c(SCc3ccc(C(=O)NCc4cccc(C(F)(F)F)c4)cc3)nnc2-c2ccncc2)cc1. The van der Waals surface area contributed by atoms with Gasteiger partial charge in [-0.2, -0.15) is 13.2 Å². The Hall–Kier alpha value is -4.44. The molecule has 0 aliphatic heterocycles. The Balaban J connectivity index is 1.26. The Labute approximate surface area is 233 Å². The molecule has 0 saturated heterocycles. The van der Waals surface area contributed by atoms with Gasteiger partial charge in [0.05, 0.1) is 5.56 Å². The van der Waals surface area contributed by atoms with Gasteiger partial charge in [0, 0.05) is 41.5 Å². The van der Waals surface area contributed by atoms with Crippen LogP contribution in [0, 0.1) is 6.92 Å². The van der Waals surface area contributed by atoms with Crippen LogP contribution in [0.5, 0.6) is 0 Å². The first-order valence-electron chi connectivity index (χ1n) is 12.4. The van der Waals surface area contributed by atoms with E-state index >= 15 is 0 Å². The molecule has 0 atom stereocenters. The molecule has 2 heterocycles. The van der Waals surface area contributed by atoms with Crippen LogP contribution in [0.1, 0.15) is 32.6 Å². The lowest BCUT2D eigenvalue weighted by Gasteiger charge is -2.11. The first kappa shape index (κ1) is 27.1. The van der Waals surface area contributed by atoms with Crippen molar-refractivity contribution in [3.63, 3.8) is 0 Å². The van der Waals surface area contributed by atoms with E-state index in [2.05, 4.69) is 20.5 Å². The van der Waals surface area contributed by atoms with E-state index in [1.54, 1.807) is 30.6 Å². The minimum atomic E-state index is -4.43. The second kappa shape index (κ2) is 11.7. The minimum Gasteiger partial charge on any atom is -0.348 e. The van der Waals surface area contributed by atoms with Crippen LogP contribution >= 0.6 is 11.8 Å². The highest BCUT2D eigenvalue weighted by atomic mass is 32.2. The molecule has 5 aromatic rings. The number of hydrogen-bond acceptors (Lipinski definition) is 5. The molecule has 0 bridgehead atoms. The fourth-order valence-electron chi connectivity index (χ4n) is 4.02. The van der Waals surface area contributed by atoms with E-state index in [-0.39, 0.29) is 12.5 Å². The summed E-state index contributed by atoms with van der Waals surface area (Å²) in [7, 11) is 0. The maximum Gasteiger partial charge on any atom is 0.416 e. The number of hydrogen-bond donors (Lipinski definition) is 1. The number of alkyl halides is 3. The molecule has 10 heteroatoms. The van der Waals surface area contributed by atoms with E-state index in [9.17, 15) is 18.0 Å². The second-order valence-corrected chi connectivity index (χ2v) is 10.0. The zero-order chi connectivity index (χ0) is 28.1. The predicted molar refractivity (Wildman–Crippen MR) is 148 cm³/mol. The molecule has 40 heavy (non-hydrogen) atoms. The second-order valence-electron chi connectivity index (χ2n) is 9.08. The number of rotatable bonds is 8. The number of carbonyl (C=O) groups is 1. The average molecular weight is 560 g/mol. The van der Waals surface area contributed by atoms with Crippen molar-refractivity contribution in [3.05, 3.63) is 125 Å². The molecule has 0 radical (unpaired) electrons. The third-order valence-electron chi connectivity index (χ3n) is 6.16. The Bertz CT molecular complexity index is 1600. The van der Waals surface area contributed by atoms with Gasteiger partial charge in [-0.25, -0.2) is 0 Å². The summed E-state index contributed by atoms with van der Waals surface area (Å²) in [5.41, 5.74) is 4.02. The van der Waals surface area contributed by atoms with Gasteiger partial charge in [0.1, 0.15) is 0 Å². The van der Waals surface area contributed by atoms with E-state index in [1.807, 2.05) is 60.0 Å². The monoisotopic (exact) mass is 559 g/mol. The van der Waals surface area contributed by atoms with E-state index in [1.165, 1.54) is 17.8 Å². The zero-order valence-corrected chi connectivity index (χ0v) is 22.2. The first-order chi connectivity index (χ1) is 19.3. The van der Waals surface area contributed by atoms with Crippen molar-refractivity contribution >= 4 is 17.7 Å². The number of thioether (sulfide) groups is 1. The molecule has 3 aromatic carbocycles. The highest BCUT2D eigenvalue weighted by molar-refractivity contribution is 7.98. The normalized spacial score (nSPS) is 11.4. The number of nitrogens with one attached hydrogen (secondary N) is 1. The van der Waals surface area contributed by atoms with Gasteiger partial charge in [-0.3, -0.25) is 14.3 Å². The van der Waals surface area contributed by atoms with Gasteiger partial charge in [-0.05, 0) is 66.6 Å². The molecule has 0 aliphatic carbocycles. The molecule has 0 unspecified atom stereocenters. The van der Waals surface area contributed by atoms with Gasteiger partial charge >= 0.3 is 6.18 Å². The summed E-state index contributed by atoms with van der Waals surface area (Å²) in [6.45, 7) is 2.03. The number of pyridine rings is 1. The van der Waals surface area contributed by atoms with Crippen LogP contribution in [0.3, 0.4) is 0 Å². The third kappa shape index (κ3) is 6.40. The van der Waals surface area contributed by atoms with Crippen molar-refractivity contribution in [3.8, 4) is 17.1 Å². The van der Waals surface area contributed by atoms with Crippen LogP contribution in [0.2, 0.25) is 0 Å². The van der Waals surface area contributed by atoms with Crippen molar-refractivity contribution in [2.24, 2.45) is 0 Å². The lowest BCUT2D eigenvalue weighted by atomic mass is 10.1. The standard InChI is InChI=1S/C30H24F3N5OS/c1-20-5-11-26(12-6-20)38-27(23-13-15-34-16-14-23)36-37-29(38)40-19-21-7-9-24(10-8-21)28(39)35-18-22-3-2-4-25(17-22)30(31,32)33/h2-17H,18-19H2,1H3,(H,35,39). The van der Waals surface area contributed by atoms with Crippen molar-refractivity contribution in [2.75, 3.05) is 0 Å². The van der Waals surface area contributed by atoms with Gasteiger partial charge < -0.3 is 5.32 Å². The van der Waals surface area contributed by atoms with E-state index in [0.717, 1.165) is 39.7 Å². The van der Waals surface area contributed by atoms with Crippen molar-refractivity contribution < 1.29 is 18.0 Å². The fourth-order valence-corrected chi connectivity index (χ4v) is 4.93. The molecule has 1 amide bonds. The molecule has 1 N–H and O–H groups in total. The molecule has 2 aromatic heterocycles. The number of aromatic nitrogens is 4. The number of amides is 1. The Morgan fingerprint density at radius 2 is 1.62 bits per heavy atom. The van der Waals surface area contributed by atoms with E-state index in [0.29, 0.717) is 22.7 Å². The summed E-state index contributed by atoms with van der Waals surface area (Å²) in [6.07, 6.45) is -0.997. The maximum atomic E-state index is 12.9. The van der Waals surface area contributed by atoms with Crippen LogP contribution in [0.25, 0.3) is 17.1 Å². The van der Waals surface area contributed by atoms with Gasteiger partial charge in [-0.15, -0.1) is 10.2 Å². The highest BCUT2D eigenvalue weighted by Gasteiger charge is 2.30. The number of halogens is 3. The first-order valence-corrected chi connectivity index (χ1v) is 13.4. The van der Waals surface area contributed by atoms with Crippen LogP contribution in [0.15, 0.2) is 102 Å². The highest BCUT2D eigenvalue weighted by Crippen LogP contribution is 2.31. The van der Waals surface area contributed by atoms with Gasteiger partial charge in [0.2, 0.25) is 0 Å². The average Bonchev–Trinajstić information content (AvgIpc) is 3.39. The third-order valence-corrected chi connectivity index (χ3v) is 7.16. The quantitative estimate of drug-likeness (QED) is 0.210. The smallest absolute Gasteiger partial charge is 0.348 e. The van der Waals surface area contributed by atoms with Gasteiger partial charge in [0.25, 0.3) is 5.91 Å². The lowest BCUT2D eigenvalue weighted by molar-refractivity contribution is -0.137. The molecule has 6 nitrogen and oxygen atoms in total. The molecule has 0 spiro atoms. The van der Waals surface area contributed by atoms with E-state index in [4.69, 9.17) is 0 Å². The summed E-state index contributed by atoms with van der Waals surface area (Å²) >= 11 is 1.52. The molecule has 0 saturated carbocycles. The number of nitrogens with zero attached hydrogens (tertiary/aromatic N) is 4. The fraction of sp³-hybridized carbons (Fsp3) is 0.133. The lowest BCUT2D eigenvalue weighted by Crippen LogP contribution is -2.23. The molecular formula is C30H24F3N5OS. The van der Waals surface area contributed by atoms with Gasteiger partial charge in [0.15, 0.2) is 11.0 Å². The molecule has 0 aliphatic rings. The zero-order valence-electron chi connectivity index (χ0n) is 21.4. The van der Waals surface area contributed by atoms with E-state index < -0.39 is 11.7 Å². The Morgan fingerprint density at radius 3 is 2.33 bits per heavy atom. The summed E-state index contributed by atoms with van der Waals surface area (Å²) in [5.74, 6) is 0.936. The molecule has 5 rings (SSSR count). The van der Waals surface area contributed by atoms with Crippen LogP contribution < -0.4 is 5.32 Å². The van der Waals surface area contributed by atoms with Gasteiger partial charge in [-0.1, -0.05) is 53.7 Å². The number of carbonyl (C=O) groups excluding carboxylic acids is 1. The predicted octanol–water partition coefficient (Wildman–Crippen LogP) is 6.88. The van der Waals surface area contributed by atoms with Crippen LogP contribution in [-0.4, -0.2) is 25.7 Å². The molecular weight excluding hydrogens is 535 g/mol. The maximum absolute atomic E-state index is 12.9. The Morgan fingerprint density at radius 1 is 0.900 bits per heavy atom. The number of benzene rings is 3. The minimum absolute atomic E-state index is 0.00512. The summed E-state index contributed by atoms with van der Waals surface area (Å²) in [6, 6.07) is 23.9. The summed E-state index contributed by atoms with van der Waals surface area (Å²) in [5, 5.41) is 12.3. The topological polar surface area (TPSA) is 72.7 Å². The molecule has 202 valence electrons. The van der Waals surface area contributed by atoms with Crippen LogP contribution in [0.4, 0.5) is 13.2 Å². The van der Waals surface area contributed by atoms with Crippen molar-refractivity contribution in [1.82, 2.24) is 25.1 Å². The van der Waals surface area contributed by atoms with Crippen LogP contribution in [-0.2, 0) is 18.5 Å². The molecule has 0 fully saturated rings. The summed E-state index contributed by atoms with van der Waals surface area (Å²) in [4.78, 5) is 16.7. The summed E-state index contributed by atoms with van der Waals surface area (Å²) < 4.78 is 40.8. The van der Waals surface area contributed by atoms with Crippen molar-refractivity contribution in [1.29, 1.82) is 0 Å².